The van der Waals surface area contributed by atoms with E-state index in [2.05, 4.69) is 35.4 Å². The fourth-order valence-electron chi connectivity index (χ4n) is 2.17. The number of hydrogen-bond acceptors (Lipinski definition) is 2. The van der Waals surface area contributed by atoms with Crippen LogP contribution in [0.2, 0.25) is 5.02 Å². The number of hydrogen-bond donors (Lipinski definition) is 1. The van der Waals surface area contributed by atoms with E-state index in [1.54, 1.807) is 0 Å². The smallest absolute Gasteiger partial charge is 0.0578 e. The van der Waals surface area contributed by atoms with Gasteiger partial charge in [-0.15, -0.1) is 0 Å². The van der Waals surface area contributed by atoms with Crippen LogP contribution < -0.4 is 5.32 Å². The molecule has 0 saturated heterocycles. The highest BCUT2D eigenvalue weighted by molar-refractivity contribution is 6.31. The number of aromatic nitrogens is 1. The molecule has 0 radical (unpaired) electrons. The summed E-state index contributed by atoms with van der Waals surface area (Å²) in [7, 11) is 0. The van der Waals surface area contributed by atoms with Crippen LogP contribution in [0.1, 0.15) is 35.3 Å². The molecular weight excluding hydrogens is 256 g/mol. The predicted octanol–water partition coefficient (Wildman–Crippen LogP) is 4.05. The van der Waals surface area contributed by atoms with Crippen LogP contribution in [0.4, 0.5) is 0 Å². The number of rotatable bonds is 4. The number of nitrogens with zero attached hydrogens (tertiary/aromatic N) is 1. The minimum absolute atomic E-state index is 0.157. The van der Waals surface area contributed by atoms with Gasteiger partial charge < -0.3 is 5.32 Å². The zero-order valence-electron chi connectivity index (χ0n) is 11.6. The first-order valence-electron chi connectivity index (χ1n) is 6.53. The van der Waals surface area contributed by atoms with Crippen LogP contribution in [0.15, 0.2) is 36.5 Å². The Bertz CT molecular complexity index is 566. The molecule has 100 valence electrons. The second kappa shape index (κ2) is 6.18. The van der Waals surface area contributed by atoms with Crippen LogP contribution in [0.5, 0.6) is 0 Å². The predicted molar refractivity (Wildman–Crippen MR) is 80.7 cm³/mol. The molecule has 1 heterocycles. The van der Waals surface area contributed by atoms with Gasteiger partial charge in [0.2, 0.25) is 0 Å². The van der Waals surface area contributed by atoms with Crippen LogP contribution in [0, 0.1) is 13.8 Å². The Labute approximate surface area is 119 Å². The number of nitrogens with one attached hydrogen (secondary N) is 1. The average Bonchev–Trinajstić information content (AvgIpc) is 2.39. The quantitative estimate of drug-likeness (QED) is 0.910. The third kappa shape index (κ3) is 3.34. The van der Waals surface area contributed by atoms with Crippen molar-refractivity contribution in [3.63, 3.8) is 0 Å². The molecular formula is C16H19ClN2. The van der Waals surface area contributed by atoms with Crippen LogP contribution in [-0.2, 0) is 0 Å². The Balaban J connectivity index is 2.42. The van der Waals surface area contributed by atoms with Crippen LogP contribution in [0.25, 0.3) is 0 Å². The Morgan fingerprint density at radius 1 is 1.16 bits per heavy atom. The van der Waals surface area contributed by atoms with Crippen molar-refractivity contribution in [1.29, 1.82) is 0 Å². The van der Waals surface area contributed by atoms with Crippen LogP contribution in [-0.4, -0.2) is 11.5 Å². The zero-order valence-corrected chi connectivity index (χ0v) is 12.3. The maximum absolute atomic E-state index is 6.24. The minimum Gasteiger partial charge on any atom is -0.307 e. The second-order valence-electron chi connectivity index (χ2n) is 4.73. The topological polar surface area (TPSA) is 24.9 Å². The van der Waals surface area contributed by atoms with E-state index < -0.39 is 0 Å². The molecule has 2 aromatic rings. The SMILES string of the molecule is CCNC(c1ccnc(C)c1)c1ccc(C)c(Cl)c1. The van der Waals surface area contributed by atoms with Crippen molar-refractivity contribution in [3.05, 3.63) is 63.9 Å². The van der Waals surface area contributed by atoms with Gasteiger partial charge in [-0.05, 0) is 55.3 Å². The Kier molecular flexibility index (Phi) is 4.56. The number of halogens is 1. The highest BCUT2D eigenvalue weighted by Gasteiger charge is 2.14. The summed E-state index contributed by atoms with van der Waals surface area (Å²) in [6, 6.07) is 10.6. The van der Waals surface area contributed by atoms with Gasteiger partial charge in [0.1, 0.15) is 0 Å². The first kappa shape index (κ1) is 14.0. The summed E-state index contributed by atoms with van der Waals surface area (Å²) in [4.78, 5) is 4.25. The molecule has 1 aromatic carbocycles. The molecule has 0 saturated carbocycles. The summed E-state index contributed by atoms with van der Waals surface area (Å²) in [5, 5.41) is 4.31. The molecule has 0 aliphatic rings. The largest absolute Gasteiger partial charge is 0.307 e. The second-order valence-corrected chi connectivity index (χ2v) is 5.14. The van der Waals surface area contributed by atoms with Crippen molar-refractivity contribution in [2.45, 2.75) is 26.8 Å². The highest BCUT2D eigenvalue weighted by Crippen LogP contribution is 2.26. The van der Waals surface area contributed by atoms with Gasteiger partial charge in [0.05, 0.1) is 6.04 Å². The normalized spacial score (nSPS) is 12.4. The maximum atomic E-state index is 6.24. The molecule has 0 aliphatic carbocycles. The monoisotopic (exact) mass is 274 g/mol. The molecule has 0 aliphatic heterocycles. The summed E-state index contributed by atoms with van der Waals surface area (Å²) in [5.74, 6) is 0. The standard InChI is InChI=1S/C16H19ClN2/c1-4-18-16(14-7-8-19-12(3)9-14)13-6-5-11(2)15(17)10-13/h5-10,16,18H,4H2,1-3H3. The summed E-state index contributed by atoms with van der Waals surface area (Å²) in [5.41, 5.74) is 4.53. The van der Waals surface area contributed by atoms with Gasteiger partial charge in [0.25, 0.3) is 0 Å². The van der Waals surface area contributed by atoms with Gasteiger partial charge >= 0.3 is 0 Å². The van der Waals surface area contributed by atoms with E-state index in [1.807, 2.05) is 32.2 Å². The zero-order chi connectivity index (χ0) is 13.8. The first-order valence-corrected chi connectivity index (χ1v) is 6.91. The van der Waals surface area contributed by atoms with Gasteiger partial charge in [-0.3, -0.25) is 4.98 Å². The number of benzene rings is 1. The molecule has 2 rings (SSSR count). The molecule has 0 bridgehead atoms. The van der Waals surface area contributed by atoms with Gasteiger partial charge in [-0.2, -0.15) is 0 Å². The Morgan fingerprint density at radius 2 is 1.89 bits per heavy atom. The molecule has 0 fully saturated rings. The minimum atomic E-state index is 0.157. The first-order chi connectivity index (χ1) is 9.11. The average molecular weight is 275 g/mol. The maximum Gasteiger partial charge on any atom is 0.0578 e. The van der Waals surface area contributed by atoms with Crippen LogP contribution in [0.3, 0.4) is 0 Å². The van der Waals surface area contributed by atoms with Gasteiger partial charge in [-0.1, -0.05) is 30.7 Å². The van der Waals surface area contributed by atoms with Crippen molar-refractivity contribution < 1.29 is 0 Å². The van der Waals surface area contributed by atoms with Crippen molar-refractivity contribution in [2.75, 3.05) is 6.54 Å². The lowest BCUT2D eigenvalue weighted by atomic mass is 9.98. The molecule has 1 atom stereocenters. The molecule has 19 heavy (non-hydrogen) atoms. The van der Waals surface area contributed by atoms with E-state index in [0.29, 0.717) is 0 Å². The van der Waals surface area contributed by atoms with Crippen molar-refractivity contribution >= 4 is 11.6 Å². The van der Waals surface area contributed by atoms with E-state index in [1.165, 1.54) is 11.1 Å². The number of aryl methyl sites for hydroxylation is 2. The Hall–Kier alpha value is -1.38. The van der Waals surface area contributed by atoms with Gasteiger partial charge in [-0.25, -0.2) is 0 Å². The molecule has 2 nitrogen and oxygen atoms in total. The third-order valence-corrected chi connectivity index (χ3v) is 3.60. The molecule has 0 amide bonds. The molecule has 1 unspecified atom stereocenters. The van der Waals surface area contributed by atoms with E-state index in [-0.39, 0.29) is 6.04 Å². The lowest BCUT2D eigenvalue weighted by molar-refractivity contribution is 0.629. The summed E-state index contributed by atoms with van der Waals surface area (Å²) in [6.07, 6.45) is 1.85. The van der Waals surface area contributed by atoms with Crippen molar-refractivity contribution in [1.82, 2.24) is 10.3 Å². The fraction of sp³-hybridized carbons (Fsp3) is 0.312. The van der Waals surface area contributed by atoms with E-state index in [9.17, 15) is 0 Å². The van der Waals surface area contributed by atoms with E-state index in [0.717, 1.165) is 22.8 Å². The Morgan fingerprint density at radius 3 is 2.53 bits per heavy atom. The highest BCUT2D eigenvalue weighted by atomic mass is 35.5. The van der Waals surface area contributed by atoms with Gasteiger partial charge in [0.15, 0.2) is 0 Å². The van der Waals surface area contributed by atoms with Crippen molar-refractivity contribution in [3.8, 4) is 0 Å². The summed E-state index contributed by atoms with van der Waals surface area (Å²) < 4.78 is 0. The van der Waals surface area contributed by atoms with Crippen LogP contribution >= 0.6 is 11.6 Å². The summed E-state index contributed by atoms with van der Waals surface area (Å²) >= 11 is 6.24. The lowest BCUT2D eigenvalue weighted by Gasteiger charge is -2.20. The van der Waals surface area contributed by atoms with Gasteiger partial charge in [0, 0.05) is 16.9 Å². The fourth-order valence-corrected chi connectivity index (χ4v) is 2.36. The molecule has 1 aromatic heterocycles. The van der Waals surface area contributed by atoms with E-state index >= 15 is 0 Å². The lowest BCUT2D eigenvalue weighted by Crippen LogP contribution is -2.22. The van der Waals surface area contributed by atoms with E-state index in [4.69, 9.17) is 11.6 Å². The molecule has 0 spiro atoms. The number of pyridine rings is 1. The summed E-state index contributed by atoms with van der Waals surface area (Å²) in [6.45, 7) is 7.04. The third-order valence-electron chi connectivity index (χ3n) is 3.19. The molecule has 3 heteroatoms. The van der Waals surface area contributed by atoms with Crippen molar-refractivity contribution in [2.24, 2.45) is 0 Å². The molecule has 1 N–H and O–H groups in total.